The zero-order valence-electron chi connectivity index (χ0n) is 8.76. The highest BCUT2D eigenvalue weighted by Crippen LogP contribution is 2.08. The van der Waals surface area contributed by atoms with Gasteiger partial charge < -0.3 is 15.2 Å². The van der Waals surface area contributed by atoms with Crippen LogP contribution in [0.3, 0.4) is 0 Å². The quantitative estimate of drug-likeness (QED) is 0.624. The van der Waals surface area contributed by atoms with Gasteiger partial charge in [0.1, 0.15) is 5.60 Å². The fourth-order valence-corrected chi connectivity index (χ4v) is 0.842. The van der Waals surface area contributed by atoms with E-state index in [1.807, 2.05) is 20.8 Å². The lowest BCUT2D eigenvalue weighted by Crippen LogP contribution is -2.34. The minimum Gasteiger partial charge on any atom is -0.460 e. The molecule has 13 heavy (non-hydrogen) atoms. The fraction of sp³-hybridized carbons (Fsp3) is 0.889. The average Bonchev–Trinajstić information content (AvgIpc) is 1.96. The second-order valence-electron chi connectivity index (χ2n) is 3.96. The molecule has 0 amide bonds. The van der Waals surface area contributed by atoms with E-state index in [9.17, 15) is 4.79 Å². The van der Waals surface area contributed by atoms with E-state index < -0.39 is 5.60 Å². The molecule has 4 heteroatoms. The summed E-state index contributed by atoms with van der Waals surface area (Å²) in [6.45, 7) is 5.39. The number of aliphatic hydroxyl groups excluding tert-OH is 1. The normalized spacial score (nSPS) is 13.9. The van der Waals surface area contributed by atoms with Gasteiger partial charge in [-0.15, -0.1) is 0 Å². The van der Waals surface area contributed by atoms with Crippen LogP contribution in [0.4, 0.5) is 0 Å². The Morgan fingerprint density at radius 1 is 1.54 bits per heavy atom. The Kier molecular flexibility index (Phi) is 4.95. The van der Waals surface area contributed by atoms with Gasteiger partial charge in [-0.3, -0.25) is 4.79 Å². The largest absolute Gasteiger partial charge is 0.460 e. The first-order valence-electron chi connectivity index (χ1n) is 4.39. The third-order valence-corrected chi connectivity index (χ3v) is 1.46. The summed E-state index contributed by atoms with van der Waals surface area (Å²) in [7, 11) is 1.70. The Morgan fingerprint density at radius 3 is 2.38 bits per heavy atom. The minimum absolute atomic E-state index is 0.0598. The van der Waals surface area contributed by atoms with Crippen LogP contribution >= 0.6 is 0 Å². The van der Waals surface area contributed by atoms with Gasteiger partial charge in [-0.25, -0.2) is 0 Å². The van der Waals surface area contributed by atoms with Gasteiger partial charge in [0, 0.05) is 6.04 Å². The first-order valence-corrected chi connectivity index (χ1v) is 4.39. The Balaban J connectivity index is 3.86. The highest BCUT2D eigenvalue weighted by molar-refractivity contribution is 5.70. The summed E-state index contributed by atoms with van der Waals surface area (Å²) in [5.41, 5.74) is -0.454. The number of esters is 1. The fourth-order valence-electron chi connectivity index (χ4n) is 0.842. The van der Waals surface area contributed by atoms with Gasteiger partial charge in [0.15, 0.2) is 0 Å². The Morgan fingerprint density at radius 2 is 2.08 bits per heavy atom. The van der Waals surface area contributed by atoms with Crippen LogP contribution in [0.15, 0.2) is 0 Å². The van der Waals surface area contributed by atoms with E-state index >= 15 is 0 Å². The molecule has 0 aliphatic heterocycles. The first kappa shape index (κ1) is 12.4. The predicted octanol–water partition coefficient (Wildman–Crippen LogP) is 0.298. The second kappa shape index (κ2) is 5.19. The molecule has 0 aliphatic rings. The van der Waals surface area contributed by atoms with Gasteiger partial charge in [0.2, 0.25) is 0 Å². The SMILES string of the molecule is CN[C@@H](CO)CC(=O)OC(C)(C)C. The third kappa shape index (κ3) is 6.54. The van der Waals surface area contributed by atoms with Gasteiger partial charge >= 0.3 is 5.97 Å². The summed E-state index contributed by atoms with van der Waals surface area (Å²) in [5, 5.41) is 11.6. The van der Waals surface area contributed by atoms with Crippen LogP contribution in [0, 0.1) is 0 Å². The number of rotatable bonds is 4. The van der Waals surface area contributed by atoms with Gasteiger partial charge in [-0.2, -0.15) is 0 Å². The van der Waals surface area contributed by atoms with Gasteiger partial charge in [0.25, 0.3) is 0 Å². The number of carbonyl (C=O) groups excluding carboxylic acids is 1. The van der Waals surface area contributed by atoms with E-state index in [2.05, 4.69) is 5.32 Å². The molecular weight excluding hydrogens is 170 g/mol. The molecule has 0 aliphatic carbocycles. The van der Waals surface area contributed by atoms with Crippen molar-refractivity contribution in [3.63, 3.8) is 0 Å². The van der Waals surface area contributed by atoms with E-state index in [0.717, 1.165) is 0 Å². The van der Waals surface area contributed by atoms with Crippen molar-refractivity contribution >= 4 is 5.97 Å². The maximum atomic E-state index is 11.2. The smallest absolute Gasteiger partial charge is 0.307 e. The number of nitrogens with one attached hydrogen (secondary N) is 1. The van der Waals surface area contributed by atoms with Crippen LogP contribution in [0.1, 0.15) is 27.2 Å². The van der Waals surface area contributed by atoms with E-state index in [0.29, 0.717) is 0 Å². The topological polar surface area (TPSA) is 58.6 Å². The molecular formula is C9H19NO3. The molecule has 0 bridgehead atoms. The van der Waals surface area contributed by atoms with Crippen LogP contribution in [0.5, 0.6) is 0 Å². The zero-order chi connectivity index (χ0) is 10.5. The number of hydrogen-bond donors (Lipinski definition) is 2. The molecule has 0 fully saturated rings. The molecule has 0 aromatic rings. The molecule has 0 aromatic heterocycles. The first-order chi connectivity index (χ1) is 5.89. The molecule has 0 radical (unpaired) electrons. The summed E-state index contributed by atoms with van der Waals surface area (Å²) in [6.07, 6.45) is 0.199. The van der Waals surface area contributed by atoms with Crippen LogP contribution in [0.2, 0.25) is 0 Å². The maximum Gasteiger partial charge on any atom is 0.307 e. The van der Waals surface area contributed by atoms with Crippen molar-refractivity contribution in [3.05, 3.63) is 0 Å². The number of likely N-dealkylation sites (N-methyl/N-ethyl adjacent to an activating group) is 1. The van der Waals surface area contributed by atoms with Gasteiger partial charge in [-0.05, 0) is 27.8 Å². The third-order valence-electron chi connectivity index (χ3n) is 1.46. The molecule has 0 saturated carbocycles. The van der Waals surface area contributed by atoms with Crippen molar-refractivity contribution in [1.82, 2.24) is 5.32 Å². The predicted molar refractivity (Wildman–Crippen MR) is 50.4 cm³/mol. The molecule has 0 aromatic carbocycles. The standard InChI is InChI=1S/C9H19NO3/c1-9(2,3)13-8(12)5-7(6-11)10-4/h7,10-11H,5-6H2,1-4H3/t7-/m1/s1. The van der Waals surface area contributed by atoms with Gasteiger partial charge in [0.05, 0.1) is 13.0 Å². The molecule has 2 N–H and O–H groups in total. The number of aliphatic hydroxyl groups is 1. The van der Waals surface area contributed by atoms with Crippen molar-refractivity contribution in [2.45, 2.75) is 38.8 Å². The van der Waals surface area contributed by atoms with Gasteiger partial charge in [-0.1, -0.05) is 0 Å². The van der Waals surface area contributed by atoms with Crippen molar-refractivity contribution in [1.29, 1.82) is 0 Å². The van der Waals surface area contributed by atoms with E-state index in [-0.39, 0.29) is 25.0 Å². The summed E-state index contributed by atoms with van der Waals surface area (Å²) >= 11 is 0. The molecule has 0 rings (SSSR count). The van der Waals surface area contributed by atoms with E-state index in [1.165, 1.54) is 0 Å². The molecule has 1 atom stereocenters. The van der Waals surface area contributed by atoms with E-state index in [4.69, 9.17) is 9.84 Å². The lowest BCUT2D eigenvalue weighted by Gasteiger charge is -2.21. The average molecular weight is 189 g/mol. The second-order valence-corrected chi connectivity index (χ2v) is 3.96. The molecule has 0 saturated heterocycles. The van der Waals surface area contributed by atoms with Crippen molar-refractivity contribution in [2.75, 3.05) is 13.7 Å². The lowest BCUT2D eigenvalue weighted by molar-refractivity contribution is -0.155. The minimum atomic E-state index is -0.454. The zero-order valence-corrected chi connectivity index (χ0v) is 8.76. The van der Waals surface area contributed by atoms with Crippen LogP contribution < -0.4 is 5.32 Å². The summed E-state index contributed by atoms with van der Waals surface area (Å²) < 4.78 is 5.08. The summed E-state index contributed by atoms with van der Waals surface area (Å²) in [6, 6.07) is -0.213. The molecule has 4 nitrogen and oxygen atoms in total. The monoisotopic (exact) mass is 189 g/mol. The molecule has 0 spiro atoms. The van der Waals surface area contributed by atoms with Crippen LogP contribution in [-0.4, -0.2) is 36.4 Å². The molecule has 0 heterocycles. The van der Waals surface area contributed by atoms with Crippen molar-refractivity contribution < 1.29 is 14.6 Å². The van der Waals surface area contributed by atoms with Crippen LogP contribution in [0.25, 0.3) is 0 Å². The van der Waals surface area contributed by atoms with E-state index in [1.54, 1.807) is 7.05 Å². The number of carbonyl (C=O) groups is 1. The van der Waals surface area contributed by atoms with Crippen molar-refractivity contribution in [2.24, 2.45) is 0 Å². The highest BCUT2D eigenvalue weighted by Gasteiger charge is 2.18. The van der Waals surface area contributed by atoms with Crippen molar-refractivity contribution in [3.8, 4) is 0 Å². The molecule has 78 valence electrons. The highest BCUT2D eigenvalue weighted by atomic mass is 16.6. The number of ether oxygens (including phenoxy) is 1. The number of hydrogen-bond acceptors (Lipinski definition) is 4. The Bertz CT molecular complexity index is 159. The van der Waals surface area contributed by atoms with Crippen LogP contribution in [-0.2, 0) is 9.53 Å². The summed E-state index contributed by atoms with van der Waals surface area (Å²) in [5.74, 6) is -0.291. The maximum absolute atomic E-state index is 11.2. The Hall–Kier alpha value is -0.610. The summed E-state index contributed by atoms with van der Waals surface area (Å²) in [4.78, 5) is 11.2. The Labute approximate surface area is 79.3 Å². The lowest BCUT2D eigenvalue weighted by atomic mass is 10.2. The molecule has 0 unspecified atom stereocenters.